The van der Waals surface area contributed by atoms with Crippen molar-refractivity contribution in [3.63, 3.8) is 0 Å². The van der Waals surface area contributed by atoms with E-state index in [4.69, 9.17) is 0 Å². The van der Waals surface area contributed by atoms with Crippen LogP contribution in [0.2, 0.25) is 0 Å². The van der Waals surface area contributed by atoms with Crippen molar-refractivity contribution in [2.24, 2.45) is 5.10 Å². The highest BCUT2D eigenvalue weighted by atomic mass is 16.6. The number of nitro groups is 1. The van der Waals surface area contributed by atoms with Crippen molar-refractivity contribution < 1.29 is 9.72 Å². The first-order chi connectivity index (χ1) is 10.8. The maximum Gasteiger partial charge on any atom is 0.269 e. The molecule has 23 heavy (non-hydrogen) atoms. The smallest absolute Gasteiger partial charge is 0.269 e. The number of carbonyl (C=O) groups excluding carboxylic acids is 1. The first kappa shape index (κ1) is 16.4. The van der Waals surface area contributed by atoms with Gasteiger partial charge in [0, 0.05) is 41.7 Å². The van der Waals surface area contributed by atoms with Gasteiger partial charge in [0.15, 0.2) is 0 Å². The predicted molar refractivity (Wildman–Crippen MR) is 88.0 cm³/mol. The second kappa shape index (κ2) is 6.43. The number of hydrazone groups is 1. The zero-order valence-electron chi connectivity index (χ0n) is 13.5. The molecule has 2 aromatic rings. The molecular weight excluding hydrogens is 296 g/mol. The third kappa shape index (κ3) is 3.45. The Hall–Kier alpha value is -2.96. The summed E-state index contributed by atoms with van der Waals surface area (Å²) in [7, 11) is 0. The second-order valence-corrected chi connectivity index (χ2v) is 5.32. The number of hydrogen-bond donors (Lipinski definition) is 1. The van der Waals surface area contributed by atoms with Gasteiger partial charge in [0.1, 0.15) is 0 Å². The summed E-state index contributed by atoms with van der Waals surface area (Å²) < 4.78 is 2.01. The molecule has 1 N–H and O–H groups in total. The van der Waals surface area contributed by atoms with E-state index in [1.807, 2.05) is 31.4 Å². The van der Waals surface area contributed by atoms with Gasteiger partial charge in [-0.25, -0.2) is 5.43 Å². The van der Waals surface area contributed by atoms with Gasteiger partial charge in [-0.15, -0.1) is 0 Å². The lowest BCUT2D eigenvalue weighted by Crippen LogP contribution is -2.12. The van der Waals surface area contributed by atoms with Crippen LogP contribution in [0.15, 0.2) is 29.4 Å². The molecule has 0 spiro atoms. The number of aryl methyl sites for hydroxylation is 2. The van der Waals surface area contributed by atoms with Crippen LogP contribution in [-0.2, 0) is 4.79 Å². The zero-order chi connectivity index (χ0) is 17.1. The van der Waals surface area contributed by atoms with Crippen molar-refractivity contribution in [2.45, 2.75) is 27.7 Å². The fraction of sp³-hybridized carbons (Fsp3) is 0.250. The topological polar surface area (TPSA) is 89.5 Å². The van der Waals surface area contributed by atoms with Gasteiger partial charge in [0.2, 0.25) is 5.91 Å². The van der Waals surface area contributed by atoms with Crippen molar-refractivity contribution in [1.82, 2.24) is 9.99 Å². The van der Waals surface area contributed by atoms with Gasteiger partial charge in [-0.05, 0) is 38.5 Å². The molecule has 0 saturated carbocycles. The molecule has 0 saturated heterocycles. The Bertz CT molecular complexity index is 806. The highest BCUT2D eigenvalue weighted by molar-refractivity contribution is 5.83. The average molecular weight is 314 g/mol. The van der Waals surface area contributed by atoms with E-state index in [9.17, 15) is 14.9 Å². The number of non-ortho nitro benzene ring substituents is 1. The second-order valence-electron chi connectivity index (χ2n) is 5.32. The van der Waals surface area contributed by atoms with Crippen LogP contribution in [0.3, 0.4) is 0 Å². The predicted octanol–water partition coefficient (Wildman–Crippen LogP) is 2.78. The minimum atomic E-state index is -0.405. The van der Waals surface area contributed by atoms with E-state index in [0.29, 0.717) is 0 Å². The van der Waals surface area contributed by atoms with E-state index in [1.54, 1.807) is 18.3 Å². The largest absolute Gasteiger partial charge is 0.318 e. The molecule has 1 aromatic heterocycles. The Labute approximate surface area is 133 Å². The molecule has 7 heteroatoms. The maximum atomic E-state index is 10.9. The molecule has 0 radical (unpaired) electrons. The highest BCUT2D eigenvalue weighted by Gasteiger charge is 2.14. The summed E-state index contributed by atoms with van der Waals surface area (Å²) in [5.74, 6) is -0.235. The van der Waals surface area contributed by atoms with Gasteiger partial charge in [-0.2, -0.15) is 5.10 Å². The lowest BCUT2D eigenvalue weighted by Gasteiger charge is -2.12. The van der Waals surface area contributed by atoms with Crippen LogP contribution in [-0.4, -0.2) is 21.6 Å². The summed E-state index contributed by atoms with van der Waals surface area (Å²) in [6.07, 6.45) is 1.58. The van der Waals surface area contributed by atoms with E-state index in [1.165, 1.54) is 13.0 Å². The molecule has 120 valence electrons. The Kier molecular flexibility index (Phi) is 4.59. The molecule has 7 nitrogen and oxygen atoms in total. The van der Waals surface area contributed by atoms with Crippen LogP contribution in [0.5, 0.6) is 0 Å². The Morgan fingerprint density at radius 1 is 1.30 bits per heavy atom. The molecule has 0 bridgehead atoms. The van der Waals surface area contributed by atoms with Crippen LogP contribution in [0, 0.1) is 30.9 Å². The molecule has 0 aliphatic rings. The van der Waals surface area contributed by atoms with Crippen molar-refractivity contribution >= 4 is 17.8 Å². The molecule has 1 aromatic carbocycles. The van der Waals surface area contributed by atoms with Crippen LogP contribution >= 0.6 is 0 Å². The van der Waals surface area contributed by atoms with Gasteiger partial charge >= 0.3 is 0 Å². The summed E-state index contributed by atoms with van der Waals surface area (Å²) in [6, 6.07) is 6.73. The van der Waals surface area contributed by atoms with Gasteiger partial charge in [0.25, 0.3) is 5.69 Å². The van der Waals surface area contributed by atoms with E-state index in [2.05, 4.69) is 10.5 Å². The van der Waals surface area contributed by atoms with Crippen LogP contribution in [0.4, 0.5) is 5.69 Å². The van der Waals surface area contributed by atoms with Gasteiger partial charge < -0.3 is 4.57 Å². The number of nitrogens with zero attached hydrogens (tertiary/aromatic N) is 3. The fourth-order valence-corrected chi connectivity index (χ4v) is 2.49. The summed E-state index contributed by atoms with van der Waals surface area (Å²) in [5.41, 5.74) is 6.91. The number of benzene rings is 1. The molecule has 0 aliphatic carbocycles. The first-order valence-corrected chi connectivity index (χ1v) is 7.05. The number of rotatable bonds is 4. The number of nitro benzene ring substituents is 1. The summed E-state index contributed by atoms with van der Waals surface area (Å²) in [4.78, 5) is 21.3. The SMILES string of the molecule is CC(=O)N/N=C/c1cc(C)n(-c2ccc([N+](=O)[O-])cc2C)c1C. The standard InChI is InChI=1S/C16H18N4O3/c1-10-7-15(20(22)23)5-6-16(10)19-11(2)8-14(12(19)3)9-17-18-13(4)21/h5-9H,1-4H3,(H,18,21)/b17-9+. The lowest BCUT2D eigenvalue weighted by molar-refractivity contribution is -0.384. The quantitative estimate of drug-likeness (QED) is 0.534. The first-order valence-electron chi connectivity index (χ1n) is 7.05. The monoisotopic (exact) mass is 314 g/mol. The van der Waals surface area contributed by atoms with E-state index in [0.717, 1.165) is 28.2 Å². The van der Waals surface area contributed by atoms with Crippen molar-refractivity contribution in [2.75, 3.05) is 0 Å². The van der Waals surface area contributed by atoms with E-state index < -0.39 is 4.92 Å². The molecule has 0 atom stereocenters. The summed E-state index contributed by atoms with van der Waals surface area (Å²) in [6.45, 7) is 7.11. The zero-order valence-corrected chi connectivity index (χ0v) is 13.5. The van der Waals surface area contributed by atoms with Crippen LogP contribution < -0.4 is 5.43 Å². The summed E-state index contributed by atoms with van der Waals surface area (Å²) in [5, 5.41) is 14.7. The number of aromatic nitrogens is 1. The number of carbonyl (C=O) groups is 1. The minimum absolute atomic E-state index is 0.0705. The maximum absolute atomic E-state index is 10.9. The lowest BCUT2D eigenvalue weighted by atomic mass is 10.1. The molecular formula is C16H18N4O3. The Morgan fingerprint density at radius 2 is 2.00 bits per heavy atom. The Balaban J connectivity index is 2.45. The minimum Gasteiger partial charge on any atom is -0.318 e. The number of amides is 1. The number of hydrogen-bond acceptors (Lipinski definition) is 4. The van der Waals surface area contributed by atoms with Gasteiger partial charge in [0.05, 0.1) is 11.1 Å². The molecule has 2 rings (SSSR count). The van der Waals surface area contributed by atoms with Gasteiger partial charge in [-0.1, -0.05) is 0 Å². The van der Waals surface area contributed by atoms with Crippen LogP contribution in [0.25, 0.3) is 5.69 Å². The fourth-order valence-electron chi connectivity index (χ4n) is 2.49. The van der Waals surface area contributed by atoms with E-state index in [-0.39, 0.29) is 11.6 Å². The molecule has 1 amide bonds. The molecule has 1 heterocycles. The van der Waals surface area contributed by atoms with Crippen molar-refractivity contribution in [1.29, 1.82) is 0 Å². The van der Waals surface area contributed by atoms with Crippen molar-refractivity contribution in [3.8, 4) is 5.69 Å². The molecule has 0 unspecified atom stereocenters. The molecule has 0 fully saturated rings. The van der Waals surface area contributed by atoms with Crippen LogP contribution in [0.1, 0.15) is 29.4 Å². The highest BCUT2D eigenvalue weighted by Crippen LogP contribution is 2.25. The third-order valence-electron chi connectivity index (χ3n) is 3.53. The number of nitrogens with one attached hydrogen (secondary N) is 1. The normalized spacial score (nSPS) is 11.0. The molecule has 0 aliphatic heterocycles. The van der Waals surface area contributed by atoms with Gasteiger partial charge in [-0.3, -0.25) is 14.9 Å². The van der Waals surface area contributed by atoms with E-state index >= 15 is 0 Å². The third-order valence-corrected chi connectivity index (χ3v) is 3.53. The summed E-state index contributed by atoms with van der Waals surface area (Å²) >= 11 is 0. The van der Waals surface area contributed by atoms with Crippen molar-refractivity contribution in [3.05, 3.63) is 56.9 Å². The Morgan fingerprint density at radius 3 is 2.57 bits per heavy atom. The average Bonchev–Trinajstić information content (AvgIpc) is 2.73.